The molecule has 0 radical (unpaired) electrons. The van der Waals surface area contributed by atoms with Crippen molar-refractivity contribution in [3.05, 3.63) is 42.9 Å². The fraction of sp³-hybridized carbons (Fsp3) is 0.667. The number of aliphatic hydroxyl groups excluding tert-OH is 2. The van der Waals surface area contributed by atoms with Gasteiger partial charge in [0.05, 0.1) is 44.4 Å². The van der Waals surface area contributed by atoms with Gasteiger partial charge in [0.15, 0.2) is 12.6 Å². The van der Waals surface area contributed by atoms with E-state index in [0.717, 1.165) is 0 Å². The molecule has 0 aliphatic carbocycles. The number of nitrogens with one attached hydrogen (secondary N) is 4. The molecule has 18 heteroatoms. The number of methoxy groups -OCH3 is 2. The maximum Gasteiger partial charge on any atom is 0.269 e. The molecule has 4 heterocycles. The summed E-state index contributed by atoms with van der Waals surface area (Å²) in [4.78, 5) is 30.5. The lowest BCUT2D eigenvalue weighted by Gasteiger charge is -2.46. The molecule has 0 bridgehead atoms. The molecule has 14 nitrogen and oxygen atoms in total. The summed E-state index contributed by atoms with van der Waals surface area (Å²) in [5.41, 5.74) is -1.90. The summed E-state index contributed by atoms with van der Waals surface area (Å²) >= 11 is 24.0. The molecule has 8 N–H and O–H groups in total. The predicted octanol–water partition coefficient (Wildman–Crippen LogP) is 3.24. The van der Waals surface area contributed by atoms with Crippen molar-refractivity contribution in [1.82, 2.24) is 20.6 Å². The quantitative estimate of drug-likeness (QED) is 0.197. The lowest BCUT2D eigenvalue weighted by atomic mass is 9.81. The molecule has 0 aromatic carbocycles. The minimum absolute atomic E-state index is 0.00863. The molecule has 2 amide bonds. The molecule has 2 aromatic rings. The second-order valence-corrected chi connectivity index (χ2v) is 13.7. The van der Waals surface area contributed by atoms with E-state index < -0.39 is 72.1 Å². The first-order valence-electron chi connectivity index (χ1n) is 15.1. The van der Waals surface area contributed by atoms with Gasteiger partial charge in [-0.2, -0.15) is 0 Å². The number of aliphatic hydroxyl groups is 4. The highest BCUT2D eigenvalue weighted by Gasteiger charge is 2.52. The number of halogens is 4. The van der Waals surface area contributed by atoms with Crippen molar-refractivity contribution in [2.45, 2.75) is 115 Å². The fourth-order valence-electron chi connectivity index (χ4n) is 5.70. The number of H-pyrrole nitrogens is 2. The molecule has 4 rings (SSSR count). The highest BCUT2D eigenvalue weighted by molar-refractivity contribution is 6.45. The molecule has 2 aliphatic rings. The van der Waals surface area contributed by atoms with E-state index in [4.69, 9.17) is 65.4 Å². The van der Waals surface area contributed by atoms with E-state index in [1.54, 1.807) is 41.5 Å². The van der Waals surface area contributed by atoms with E-state index in [1.165, 1.54) is 14.2 Å². The van der Waals surface area contributed by atoms with Crippen molar-refractivity contribution < 1.29 is 49.0 Å². The molecular weight excluding hydrogens is 718 g/mol. The number of carbonyl (C=O) groups excluding carboxylic acids is 2. The molecule has 10 atom stereocenters. The molecule has 2 aliphatic heterocycles. The number of hydrogen-bond donors (Lipinski definition) is 8. The normalized spacial score (nSPS) is 31.8. The smallest absolute Gasteiger partial charge is 0.269 e. The fourth-order valence-corrected chi connectivity index (χ4v) is 6.53. The number of rotatable bonds is 8. The molecule has 0 saturated carbocycles. The first kappa shape index (κ1) is 40.8. The van der Waals surface area contributed by atoms with Crippen LogP contribution in [0.4, 0.5) is 0 Å². The maximum absolute atomic E-state index is 12.4. The Kier molecular flexibility index (Phi) is 13.7. The van der Waals surface area contributed by atoms with Gasteiger partial charge >= 0.3 is 0 Å². The van der Waals surface area contributed by atoms with Gasteiger partial charge in [-0.3, -0.25) is 9.59 Å². The largest absolute Gasteiger partial charge is 0.387 e. The van der Waals surface area contributed by atoms with Crippen LogP contribution in [0.2, 0.25) is 20.1 Å². The van der Waals surface area contributed by atoms with E-state index in [2.05, 4.69) is 20.6 Å². The highest BCUT2D eigenvalue weighted by atomic mass is 35.5. The SMILES string of the molecule is COC1C[C@@](O)([C@H](C)NC(=O)c2[nH]c(C)c(Cl)c2Cl)[C@H](O)[C@@H](C)O1.CO[C@@H]1C[C@@](O)([C@H](C)NC(=O)c2[nH]c(C)c(Cl)c2Cl)[C@H](O)[C@@H](C)O1. The van der Waals surface area contributed by atoms with E-state index in [9.17, 15) is 30.0 Å². The highest BCUT2D eigenvalue weighted by Crippen LogP contribution is 2.35. The number of aromatic nitrogens is 2. The summed E-state index contributed by atoms with van der Waals surface area (Å²) in [6.07, 6.45) is -5.04. The molecular formula is C30H44Cl4N4O10. The van der Waals surface area contributed by atoms with Gasteiger partial charge in [-0.1, -0.05) is 46.4 Å². The zero-order valence-corrected chi connectivity index (χ0v) is 30.8. The number of carbonyl (C=O) groups is 2. The molecule has 272 valence electrons. The zero-order chi connectivity index (χ0) is 36.5. The minimum Gasteiger partial charge on any atom is -0.387 e. The first-order chi connectivity index (χ1) is 22.2. The number of aromatic amines is 2. The minimum atomic E-state index is -1.62. The molecule has 2 saturated heterocycles. The van der Waals surface area contributed by atoms with Crippen LogP contribution in [0, 0.1) is 13.8 Å². The van der Waals surface area contributed by atoms with Gasteiger partial charge in [-0.25, -0.2) is 0 Å². The van der Waals surface area contributed by atoms with Crippen molar-refractivity contribution in [1.29, 1.82) is 0 Å². The predicted molar refractivity (Wildman–Crippen MR) is 179 cm³/mol. The average molecular weight is 763 g/mol. The van der Waals surface area contributed by atoms with Crippen LogP contribution < -0.4 is 10.6 Å². The first-order valence-corrected chi connectivity index (χ1v) is 16.6. The van der Waals surface area contributed by atoms with E-state index >= 15 is 0 Å². The Labute approximate surface area is 298 Å². The van der Waals surface area contributed by atoms with Gasteiger partial charge in [0.1, 0.15) is 34.8 Å². The van der Waals surface area contributed by atoms with E-state index in [0.29, 0.717) is 11.4 Å². The third-order valence-electron chi connectivity index (χ3n) is 8.92. The standard InChI is InChI=1S/2C15H22Cl2N2O5/c2*1-6-10(16)11(17)12(18-6)14(21)19-8(3)15(22)5-9(23-4)24-7(2)13(15)20/h2*7-9,13,18,20,22H,5H2,1-4H3,(H,19,21)/t7-,8+,9?,13-,15-;7-,8+,9+,13-,15-/m11/s1. The Hall–Kier alpha value is -1.66. The number of amides is 2. The number of hydrogen-bond acceptors (Lipinski definition) is 10. The molecule has 1 unspecified atom stereocenters. The molecule has 2 fully saturated rings. The van der Waals surface area contributed by atoms with Crippen LogP contribution >= 0.6 is 46.4 Å². The van der Waals surface area contributed by atoms with Crippen LogP contribution in [0.15, 0.2) is 0 Å². The van der Waals surface area contributed by atoms with Crippen LogP contribution in [0.25, 0.3) is 0 Å². The second-order valence-electron chi connectivity index (χ2n) is 12.2. The molecule has 2 aromatic heterocycles. The molecule has 0 spiro atoms. The zero-order valence-electron chi connectivity index (χ0n) is 27.8. The topological polar surface area (TPSA) is 208 Å². The summed E-state index contributed by atoms with van der Waals surface area (Å²) in [5.74, 6) is -1.06. The van der Waals surface area contributed by atoms with Crippen LogP contribution in [0.5, 0.6) is 0 Å². The van der Waals surface area contributed by atoms with Crippen LogP contribution in [-0.2, 0) is 18.9 Å². The molecule has 48 heavy (non-hydrogen) atoms. The summed E-state index contributed by atoms with van der Waals surface area (Å²) in [7, 11) is 2.89. The van der Waals surface area contributed by atoms with Gasteiger partial charge in [0.25, 0.3) is 11.8 Å². The van der Waals surface area contributed by atoms with E-state index in [1.807, 2.05) is 0 Å². The monoisotopic (exact) mass is 760 g/mol. The summed E-state index contributed by atoms with van der Waals surface area (Å²) in [5, 5.41) is 48.5. The summed E-state index contributed by atoms with van der Waals surface area (Å²) < 4.78 is 21.1. The second kappa shape index (κ2) is 16.1. The Bertz CT molecular complexity index is 1350. The van der Waals surface area contributed by atoms with Gasteiger partial charge in [0.2, 0.25) is 0 Å². The van der Waals surface area contributed by atoms with Gasteiger partial charge < -0.3 is 60.0 Å². The van der Waals surface area contributed by atoms with Crippen molar-refractivity contribution in [2.24, 2.45) is 0 Å². The number of ether oxygens (including phenoxy) is 4. The maximum atomic E-state index is 12.4. The lowest BCUT2D eigenvalue weighted by Crippen LogP contribution is -2.65. The Morgan fingerprint density at radius 1 is 0.750 bits per heavy atom. The average Bonchev–Trinajstić information content (AvgIpc) is 3.45. The van der Waals surface area contributed by atoms with Crippen molar-refractivity contribution in [2.75, 3.05) is 14.2 Å². The van der Waals surface area contributed by atoms with Crippen LogP contribution in [0.3, 0.4) is 0 Å². The lowest BCUT2D eigenvalue weighted by molar-refractivity contribution is -0.275. The van der Waals surface area contributed by atoms with Crippen LogP contribution in [0.1, 0.15) is 72.9 Å². The van der Waals surface area contributed by atoms with Crippen LogP contribution in [-0.4, -0.2) is 117 Å². The Balaban J connectivity index is 0.000000260. The third kappa shape index (κ3) is 8.27. The number of aryl methyl sites for hydroxylation is 2. The van der Waals surface area contributed by atoms with Crippen molar-refractivity contribution in [3.63, 3.8) is 0 Å². The van der Waals surface area contributed by atoms with Gasteiger partial charge in [-0.05, 0) is 41.5 Å². The van der Waals surface area contributed by atoms with Gasteiger partial charge in [0, 0.05) is 38.4 Å². The summed E-state index contributed by atoms with van der Waals surface area (Å²) in [6.45, 7) is 9.82. The third-order valence-corrected chi connectivity index (χ3v) is 10.8. The van der Waals surface area contributed by atoms with Crippen molar-refractivity contribution in [3.8, 4) is 0 Å². The summed E-state index contributed by atoms with van der Waals surface area (Å²) in [6, 6.07) is -1.58. The van der Waals surface area contributed by atoms with Crippen molar-refractivity contribution >= 4 is 58.2 Å². The Morgan fingerprint density at radius 3 is 1.31 bits per heavy atom. The van der Waals surface area contributed by atoms with Gasteiger partial charge in [-0.15, -0.1) is 0 Å². The van der Waals surface area contributed by atoms with E-state index in [-0.39, 0.29) is 44.3 Å². The Morgan fingerprint density at radius 2 is 1.06 bits per heavy atom.